The summed E-state index contributed by atoms with van der Waals surface area (Å²) in [5.41, 5.74) is 2.93. The van der Waals surface area contributed by atoms with Crippen LogP contribution in [0.4, 0.5) is 5.69 Å². The number of furan rings is 1. The lowest BCUT2D eigenvalue weighted by atomic mass is 9.97. The van der Waals surface area contributed by atoms with Gasteiger partial charge in [-0.25, -0.2) is 21.6 Å². The van der Waals surface area contributed by atoms with E-state index < -0.39 is 20.0 Å². The number of benzene rings is 2. The molecule has 1 aliphatic heterocycles. The van der Waals surface area contributed by atoms with Crippen LogP contribution < -0.4 is 10.0 Å². The van der Waals surface area contributed by atoms with Crippen LogP contribution in [0.2, 0.25) is 0 Å². The summed E-state index contributed by atoms with van der Waals surface area (Å²) in [6, 6.07) is 13.0. The Morgan fingerprint density at radius 3 is 2.16 bits per heavy atom. The predicted octanol–water partition coefficient (Wildman–Crippen LogP) is 3.72. The van der Waals surface area contributed by atoms with Gasteiger partial charge < -0.3 is 9.73 Å². The number of anilines is 1. The summed E-state index contributed by atoms with van der Waals surface area (Å²) in [7, 11) is -7.39. The Morgan fingerprint density at radius 2 is 1.59 bits per heavy atom. The van der Waals surface area contributed by atoms with Crippen LogP contribution in [-0.2, 0) is 31.4 Å². The predicted molar refractivity (Wildman–Crippen MR) is 140 cm³/mol. The Balaban J connectivity index is 1.34. The molecule has 1 aliphatic rings. The highest BCUT2D eigenvalue weighted by Crippen LogP contribution is 2.29. The largest absolute Gasteiger partial charge is 0.468 e. The van der Waals surface area contributed by atoms with Gasteiger partial charge in [0, 0.05) is 24.7 Å². The number of nitrogens with zero attached hydrogens (tertiary/aromatic N) is 1. The van der Waals surface area contributed by atoms with E-state index in [2.05, 4.69) is 10.0 Å². The zero-order valence-electron chi connectivity index (χ0n) is 21.0. The van der Waals surface area contributed by atoms with Crippen LogP contribution in [0.5, 0.6) is 0 Å². The molecule has 0 bridgehead atoms. The van der Waals surface area contributed by atoms with Crippen LogP contribution in [0.1, 0.15) is 35.3 Å². The molecule has 1 amide bonds. The van der Waals surface area contributed by atoms with Gasteiger partial charge in [0.15, 0.2) is 0 Å². The van der Waals surface area contributed by atoms with E-state index in [1.165, 1.54) is 34.8 Å². The van der Waals surface area contributed by atoms with Gasteiger partial charge in [0.2, 0.25) is 26.0 Å². The SMILES string of the molecule is Cc1cc(C)c(S(=O)(=O)N2CCC(C(=O)Nc3ccc(S(=O)(=O)NCc4ccco4)cc3)CC2)c(C)c1. The standard InChI is InChI=1S/C26H31N3O6S2/c1-18-15-19(2)25(20(3)16-18)37(33,34)29-12-10-21(11-13-29)26(30)28-22-6-8-24(9-7-22)36(31,32)27-17-23-5-4-14-35-23/h4-9,14-16,21,27H,10-13,17H2,1-3H3,(H,28,30). The van der Waals surface area contributed by atoms with Gasteiger partial charge in [0.25, 0.3) is 0 Å². The molecule has 1 fully saturated rings. The fourth-order valence-corrected chi connectivity index (χ4v) is 7.56. The molecule has 37 heavy (non-hydrogen) atoms. The monoisotopic (exact) mass is 545 g/mol. The molecule has 2 N–H and O–H groups in total. The average Bonchev–Trinajstić information content (AvgIpc) is 3.36. The minimum absolute atomic E-state index is 0.0330. The summed E-state index contributed by atoms with van der Waals surface area (Å²) in [6.45, 7) is 6.09. The average molecular weight is 546 g/mol. The van der Waals surface area contributed by atoms with Gasteiger partial charge in [0.05, 0.1) is 22.6 Å². The van der Waals surface area contributed by atoms with Crippen LogP contribution >= 0.6 is 0 Å². The molecule has 0 saturated carbocycles. The normalized spacial score (nSPS) is 15.5. The molecule has 0 aliphatic carbocycles. The van der Waals surface area contributed by atoms with Crippen molar-refractivity contribution in [1.82, 2.24) is 9.03 Å². The van der Waals surface area contributed by atoms with Crippen molar-refractivity contribution < 1.29 is 26.0 Å². The molecular weight excluding hydrogens is 514 g/mol. The smallest absolute Gasteiger partial charge is 0.243 e. The molecule has 9 nitrogen and oxygen atoms in total. The second kappa shape index (κ2) is 10.8. The molecule has 0 spiro atoms. The lowest BCUT2D eigenvalue weighted by Gasteiger charge is -2.31. The zero-order chi connectivity index (χ0) is 26.8. The van der Waals surface area contributed by atoms with Crippen LogP contribution in [0.25, 0.3) is 0 Å². The van der Waals surface area contributed by atoms with Gasteiger partial charge in [-0.1, -0.05) is 17.7 Å². The highest BCUT2D eigenvalue weighted by atomic mass is 32.2. The number of hydrogen-bond donors (Lipinski definition) is 2. The molecule has 0 unspecified atom stereocenters. The Labute approximate surface area is 218 Å². The van der Waals surface area contributed by atoms with E-state index in [0.29, 0.717) is 29.2 Å². The third-order valence-electron chi connectivity index (χ3n) is 6.48. The molecule has 0 radical (unpaired) electrons. The second-order valence-corrected chi connectivity index (χ2v) is 13.0. The Kier molecular flexibility index (Phi) is 7.88. The van der Waals surface area contributed by atoms with Crippen molar-refractivity contribution >= 4 is 31.6 Å². The molecular formula is C26H31N3O6S2. The fraction of sp³-hybridized carbons (Fsp3) is 0.346. The summed E-state index contributed by atoms with van der Waals surface area (Å²) in [5, 5.41) is 2.82. The number of piperidine rings is 1. The first-order valence-corrected chi connectivity index (χ1v) is 14.9. The van der Waals surface area contributed by atoms with E-state index in [9.17, 15) is 21.6 Å². The quantitative estimate of drug-likeness (QED) is 0.444. The molecule has 2 heterocycles. The lowest BCUT2D eigenvalue weighted by molar-refractivity contribution is -0.120. The minimum atomic E-state index is -3.74. The van der Waals surface area contributed by atoms with Crippen molar-refractivity contribution in [2.24, 2.45) is 5.92 Å². The summed E-state index contributed by atoms with van der Waals surface area (Å²) in [4.78, 5) is 13.2. The van der Waals surface area contributed by atoms with Crippen LogP contribution in [0.15, 0.2) is 69.0 Å². The van der Waals surface area contributed by atoms with Gasteiger partial charge in [-0.3, -0.25) is 4.79 Å². The highest BCUT2D eigenvalue weighted by Gasteiger charge is 2.33. The molecule has 3 aromatic rings. The molecule has 2 aromatic carbocycles. The first-order chi connectivity index (χ1) is 17.5. The van der Waals surface area contributed by atoms with Crippen LogP contribution in [0.3, 0.4) is 0 Å². The third kappa shape index (κ3) is 6.12. The van der Waals surface area contributed by atoms with Gasteiger partial charge >= 0.3 is 0 Å². The molecule has 1 saturated heterocycles. The Morgan fingerprint density at radius 1 is 0.973 bits per heavy atom. The number of nitrogens with one attached hydrogen (secondary N) is 2. The topological polar surface area (TPSA) is 126 Å². The summed E-state index contributed by atoms with van der Waals surface area (Å²) in [5.74, 6) is -0.0632. The van der Waals surface area contributed by atoms with Gasteiger partial charge in [-0.15, -0.1) is 0 Å². The van der Waals surface area contributed by atoms with E-state index in [4.69, 9.17) is 4.42 Å². The maximum Gasteiger partial charge on any atom is 0.243 e. The van der Waals surface area contributed by atoms with E-state index in [1.807, 2.05) is 19.1 Å². The Bertz CT molecular complexity index is 1450. The van der Waals surface area contributed by atoms with Crippen LogP contribution in [0, 0.1) is 26.7 Å². The number of carbonyl (C=O) groups is 1. The van der Waals surface area contributed by atoms with Gasteiger partial charge in [-0.05, 0) is 81.1 Å². The number of hydrogen-bond acceptors (Lipinski definition) is 6. The Hall–Kier alpha value is -2.99. The van der Waals surface area contributed by atoms with Crippen molar-refractivity contribution in [3.63, 3.8) is 0 Å². The van der Waals surface area contributed by atoms with E-state index in [0.717, 1.165) is 16.7 Å². The number of amides is 1. The number of rotatable bonds is 8. The number of sulfonamides is 2. The lowest BCUT2D eigenvalue weighted by Crippen LogP contribution is -2.41. The maximum absolute atomic E-state index is 13.3. The van der Waals surface area contributed by atoms with E-state index >= 15 is 0 Å². The molecule has 0 atom stereocenters. The van der Waals surface area contributed by atoms with E-state index in [1.54, 1.807) is 26.0 Å². The summed E-state index contributed by atoms with van der Waals surface area (Å²) in [6.07, 6.45) is 2.27. The third-order valence-corrected chi connectivity index (χ3v) is 10.1. The fourth-order valence-electron chi connectivity index (χ4n) is 4.69. The second-order valence-electron chi connectivity index (χ2n) is 9.32. The van der Waals surface area contributed by atoms with Crippen molar-refractivity contribution in [2.45, 2.75) is 49.9 Å². The maximum atomic E-state index is 13.3. The number of carbonyl (C=O) groups excluding carboxylic acids is 1. The number of aryl methyl sites for hydroxylation is 3. The van der Waals surface area contributed by atoms with E-state index in [-0.39, 0.29) is 36.4 Å². The van der Waals surface area contributed by atoms with Crippen molar-refractivity contribution in [3.05, 3.63) is 77.2 Å². The molecule has 1 aromatic heterocycles. The van der Waals surface area contributed by atoms with Crippen LogP contribution in [-0.4, -0.2) is 40.1 Å². The van der Waals surface area contributed by atoms with Crippen molar-refractivity contribution in [2.75, 3.05) is 18.4 Å². The first-order valence-electron chi connectivity index (χ1n) is 12.0. The molecule has 4 rings (SSSR count). The molecule has 198 valence electrons. The highest BCUT2D eigenvalue weighted by molar-refractivity contribution is 7.89. The minimum Gasteiger partial charge on any atom is -0.468 e. The van der Waals surface area contributed by atoms with Crippen molar-refractivity contribution in [3.8, 4) is 0 Å². The van der Waals surface area contributed by atoms with Crippen molar-refractivity contribution in [1.29, 1.82) is 0 Å². The first kappa shape index (κ1) is 27.1. The van der Waals surface area contributed by atoms with Gasteiger partial charge in [0.1, 0.15) is 5.76 Å². The van der Waals surface area contributed by atoms with Gasteiger partial charge in [-0.2, -0.15) is 4.31 Å². The molecule has 11 heteroatoms. The summed E-state index contributed by atoms with van der Waals surface area (Å²) >= 11 is 0. The summed E-state index contributed by atoms with van der Waals surface area (Å²) < 4.78 is 60.6. The zero-order valence-corrected chi connectivity index (χ0v) is 22.7.